The lowest BCUT2D eigenvalue weighted by molar-refractivity contribution is -0.156. The fourth-order valence-electron chi connectivity index (χ4n) is 2.66. The number of piperidine rings is 1. The van der Waals surface area contributed by atoms with Crippen molar-refractivity contribution in [3.05, 3.63) is 0 Å². The fourth-order valence-corrected chi connectivity index (χ4v) is 2.66. The van der Waals surface area contributed by atoms with E-state index in [9.17, 15) is 19.5 Å². The summed E-state index contributed by atoms with van der Waals surface area (Å²) < 4.78 is 0. The topological polar surface area (TPSA) is 86.7 Å². The Morgan fingerprint density at radius 3 is 2.71 bits per heavy atom. The van der Waals surface area contributed by atoms with Crippen LogP contribution in [0.2, 0.25) is 0 Å². The van der Waals surface area contributed by atoms with Crippen LogP contribution in [0.1, 0.15) is 32.6 Å². The van der Waals surface area contributed by atoms with E-state index in [4.69, 9.17) is 0 Å². The van der Waals surface area contributed by atoms with Crippen molar-refractivity contribution in [3.8, 4) is 0 Å². The van der Waals surface area contributed by atoms with Gasteiger partial charge in [-0.05, 0) is 26.2 Å². The predicted molar refractivity (Wildman–Crippen MR) is 58.2 cm³/mol. The van der Waals surface area contributed by atoms with Crippen LogP contribution in [0.4, 0.5) is 0 Å². The van der Waals surface area contributed by atoms with Crippen molar-refractivity contribution in [2.45, 2.75) is 44.2 Å². The molecule has 0 spiro atoms. The summed E-state index contributed by atoms with van der Waals surface area (Å²) >= 11 is 0. The van der Waals surface area contributed by atoms with E-state index in [0.29, 0.717) is 13.0 Å². The number of hydrogen-bond donors (Lipinski definition) is 2. The summed E-state index contributed by atoms with van der Waals surface area (Å²) in [5.74, 6) is -1.62. The van der Waals surface area contributed by atoms with Gasteiger partial charge in [0.2, 0.25) is 11.8 Å². The summed E-state index contributed by atoms with van der Waals surface area (Å²) in [5.41, 5.74) is -1.04. The molecule has 0 aromatic heterocycles. The van der Waals surface area contributed by atoms with Crippen LogP contribution in [-0.4, -0.2) is 45.9 Å². The minimum absolute atomic E-state index is 0.0711. The molecule has 2 aliphatic rings. The Balaban J connectivity index is 2.25. The molecule has 0 aromatic carbocycles. The first-order chi connectivity index (χ1) is 7.95. The second-order valence-electron chi connectivity index (χ2n) is 4.86. The Hall–Kier alpha value is -1.43. The Kier molecular flexibility index (Phi) is 2.91. The van der Waals surface area contributed by atoms with E-state index < -0.39 is 17.6 Å². The van der Waals surface area contributed by atoms with E-state index in [0.717, 1.165) is 12.8 Å². The maximum atomic E-state index is 11.6. The van der Waals surface area contributed by atoms with Crippen molar-refractivity contribution in [2.75, 3.05) is 6.54 Å². The zero-order valence-corrected chi connectivity index (χ0v) is 9.73. The number of hydrogen-bond acceptors (Lipinski definition) is 4. The van der Waals surface area contributed by atoms with E-state index in [1.165, 1.54) is 0 Å². The first kappa shape index (κ1) is 12.0. The van der Waals surface area contributed by atoms with Crippen molar-refractivity contribution in [2.24, 2.45) is 0 Å². The molecular weight excluding hydrogens is 224 g/mol. The molecule has 17 heavy (non-hydrogen) atoms. The number of rotatable bonds is 2. The molecule has 0 radical (unpaired) electrons. The van der Waals surface area contributed by atoms with Crippen LogP contribution in [-0.2, 0) is 14.4 Å². The maximum Gasteiger partial charge on any atom is 0.323 e. The van der Waals surface area contributed by atoms with E-state index in [1.807, 2.05) is 0 Å². The van der Waals surface area contributed by atoms with Gasteiger partial charge >= 0.3 is 5.97 Å². The first-order valence-electron chi connectivity index (χ1n) is 5.79. The highest BCUT2D eigenvalue weighted by atomic mass is 16.4. The molecule has 2 N–H and O–H groups in total. The van der Waals surface area contributed by atoms with Gasteiger partial charge in [0.15, 0.2) is 0 Å². The van der Waals surface area contributed by atoms with Gasteiger partial charge in [-0.1, -0.05) is 0 Å². The normalized spacial score (nSPS) is 34.8. The van der Waals surface area contributed by atoms with Gasteiger partial charge in [-0.2, -0.15) is 0 Å². The van der Waals surface area contributed by atoms with E-state index >= 15 is 0 Å². The van der Waals surface area contributed by atoms with E-state index in [1.54, 1.807) is 11.8 Å². The lowest BCUT2D eigenvalue weighted by Crippen LogP contribution is -2.60. The van der Waals surface area contributed by atoms with E-state index in [2.05, 4.69) is 5.32 Å². The molecule has 2 aliphatic heterocycles. The standard InChI is InChI=1S/C11H16N2O4/c1-11(10(16)17)4-2-3-5-13(11)7-6-8(14)12-9(7)15/h7H,2-6H2,1H3,(H,16,17)(H,12,14,15). The van der Waals surface area contributed by atoms with Crippen LogP contribution in [0.15, 0.2) is 0 Å². The highest BCUT2D eigenvalue weighted by Gasteiger charge is 2.48. The molecule has 6 heteroatoms. The Morgan fingerprint density at radius 1 is 1.47 bits per heavy atom. The van der Waals surface area contributed by atoms with E-state index in [-0.39, 0.29) is 18.2 Å². The molecule has 0 saturated carbocycles. The molecule has 2 rings (SSSR count). The minimum atomic E-state index is -1.04. The number of carbonyl (C=O) groups excluding carboxylic acids is 2. The Labute approximate surface area is 99.0 Å². The molecule has 2 unspecified atom stereocenters. The van der Waals surface area contributed by atoms with Gasteiger partial charge < -0.3 is 5.11 Å². The van der Waals surface area contributed by atoms with Crippen LogP contribution in [0.3, 0.4) is 0 Å². The molecule has 0 bridgehead atoms. The van der Waals surface area contributed by atoms with Gasteiger partial charge in [0.25, 0.3) is 0 Å². The summed E-state index contributed by atoms with van der Waals surface area (Å²) in [5, 5.41) is 11.6. The number of imide groups is 1. The third-order valence-corrected chi connectivity index (χ3v) is 3.73. The average molecular weight is 240 g/mol. The summed E-state index contributed by atoms with van der Waals surface area (Å²) in [6, 6.07) is -0.621. The number of aliphatic carboxylic acids is 1. The van der Waals surface area contributed by atoms with Crippen molar-refractivity contribution in [3.63, 3.8) is 0 Å². The Bertz CT molecular complexity index is 382. The van der Waals surface area contributed by atoms with Gasteiger partial charge in [-0.15, -0.1) is 0 Å². The molecule has 94 valence electrons. The number of nitrogens with one attached hydrogen (secondary N) is 1. The number of amides is 2. The molecule has 2 heterocycles. The first-order valence-corrected chi connectivity index (χ1v) is 5.79. The van der Waals surface area contributed by atoms with Crippen LogP contribution in [0.25, 0.3) is 0 Å². The maximum absolute atomic E-state index is 11.6. The van der Waals surface area contributed by atoms with Crippen molar-refractivity contribution in [1.82, 2.24) is 10.2 Å². The number of carbonyl (C=O) groups is 3. The molecule has 0 aliphatic carbocycles. The second kappa shape index (κ2) is 4.10. The number of likely N-dealkylation sites (tertiary alicyclic amines) is 1. The number of carboxylic acid groups (broad SMARTS) is 1. The number of nitrogens with zero attached hydrogens (tertiary/aromatic N) is 1. The molecule has 2 amide bonds. The smallest absolute Gasteiger partial charge is 0.323 e. The van der Waals surface area contributed by atoms with Gasteiger partial charge in [0.05, 0.1) is 12.5 Å². The largest absolute Gasteiger partial charge is 0.480 e. The van der Waals surface area contributed by atoms with Gasteiger partial charge in [-0.25, -0.2) is 0 Å². The lowest BCUT2D eigenvalue weighted by Gasteiger charge is -2.43. The molecule has 0 aromatic rings. The second-order valence-corrected chi connectivity index (χ2v) is 4.86. The lowest BCUT2D eigenvalue weighted by atomic mass is 9.86. The highest BCUT2D eigenvalue weighted by molar-refractivity contribution is 6.05. The van der Waals surface area contributed by atoms with Crippen molar-refractivity contribution in [1.29, 1.82) is 0 Å². The van der Waals surface area contributed by atoms with Gasteiger partial charge in [0, 0.05) is 6.54 Å². The molecule has 6 nitrogen and oxygen atoms in total. The summed E-state index contributed by atoms with van der Waals surface area (Å²) in [4.78, 5) is 35.8. The third kappa shape index (κ3) is 1.93. The van der Waals surface area contributed by atoms with Crippen molar-refractivity contribution >= 4 is 17.8 Å². The van der Waals surface area contributed by atoms with Crippen LogP contribution in [0.5, 0.6) is 0 Å². The third-order valence-electron chi connectivity index (χ3n) is 3.73. The molecule has 2 saturated heterocycles. The van der Waals surface area contributed by atoms with Crippen molar-refractivity contribution < 1.29 is 19.5 Å². The molecule has 2 fully saturated rings. The summed E-state index contributed by atoms with van der Waals surface area (Å²) in [7, 11) is 0. The summed E-state index contributed by atoms with van der Waals surface area (Å²) in [6.45, 7) is 2.18. The zero-order valence-electron chi connectivity index (χ0n) is 9.73. The van der Waals surface area contributed by atoms with Crippen LogP contribution >= 0.6 is 0 Å². The molecule has 2 atom stereocenters. The number of carboxylic acids is 1. The summed E-state index contributed by atoms with van der Waals surface area (Å²) in [6.07, 6.45) is 2.28. The quantitative estimate of drug-likeness (QED) is 0.649. The SMILES string of the molecule is CC1(C(=O)O)CCCCN1C1CC(=O)NC1=O. The van der Waals surface area contributed by atoms with Crippen LogP contribution < -0.4 is 5.32 Å². The highest BCUT2D eigenvalue weighted by Crippen LogP contribution is 2.32. The monoisotopic (exact) mass is 240 g/mol. The average Bonchev–Trinajstić information content (AvgIpc) is 2.58. The molecular formula is C11H16N2O4. The Morgan fingerprint density at radius 2 is 2.18 bits per heavy atom. The minimum Gasteiger partial charge on any atom is -0.480 e. The van der Waals surface area contributed by atoms with Gasteiger partial charge in [0.1, 0.15) is 5.54 Å². The fraction of sp³-hybridized carbons (Fsp3) is 0.727. The van der Waals surface area contributed by atoms with Crippen LogP contribution in [0, 0.1) is 0 Å². The zero-order chi connectivity index (χ0) is 12.6. The van der Waals surface area contributed by atoms with Gasteiger partial charge in [-0.3, -0.25) is 24.6 Å². The predicted octanol–water partition coefficient (Wildman–Crippen LogP) is -0.269.